The second kappa shape index (κ2) is 20.2. The molecule has 54 heavy (non-hydrogen) atoms. The van der Waals surface area contributed by atoms with E-state index in [1.807, 2.05) is 140 Å². The summed E-state index contributed by atoms with van der Waals surface area (Å²) in [4.78, 5) is 25.9. The van der Waals surface area contributed by atoms with Gasteiger partial charge in [0, 0.05) is 6.42 Å². The van der Waals surface area contributed by atoms with Crippen molar-refractivity contribution in [1.82, 2.24) is 5.32 Å². The van der Waals surface area contributed by atoms with Gasteiger partial charge in [-0.2, -0.15) is 0 Å². The van der Waals surface area contributed by atoms with Crippen molar-refractivity contribution in [2.75, 3.05) is 6.61 Å². The molecule has 5 aromatic carbocycles. The van der Waals surface area contributed by atoms with Crippen LogP contribution in [0.1, 0.15) is 27.8 Å². The van der Waals surface area contributed by atoms with Gasteiger partial charge in [0.05, 0.1) is 33.0 Å². The van der Waals surface area contributed by atoms with Crippen molar-refractivity contribution in [2.24, 2.45) is 0 Å². The van der Waals surface area contributed by atoms with Gasteiger partial charge in [-0.05, 0) is 27.8 Å². The SMILES string of the molecule is O=C(N[C@@H](Cc1ccccc1)C(=O)O)O[C@H]1O[C@H](COCc2ccccc2)[C@@H](OCc2ccccc2)[C@H](OCc2ccccc2)[C@H]1OCc1ccccc1. The summed E-state index contributed by atoms with van der Waals surface area (Å²) >= 11 is 0. The number of ether oxygens (including phenoxy) is 6. The normalized spacial score (nSPS) is 20.1. The summed E-state index contributed by atoms with van der Waals surface area (Å²) in [6.45, 7) is 0.969. The van der Waals surface area contributed by atoms with Crippen LogP contribution in [-0.4, -0.2) is 60.5 Å². The number of aliphatic carboxylic acids is 1. The zero-order valence-corrected chi connectivity index (χ0v) is 29.9. The lowest BCUT2D eigenvalue weighted by atomic mass is 9.97. The standard InChI is InChI=1S/C44H45NO9/c46-42(47)37(26-32-16-6-1-7-17-32)45-44(48)54-43-41(52-30-36-24-14-5-15-25-36)40(51-29-35-22-12-4-13-23-35)39(50-28-34-20-10-3-11-21-34)38(53-43)31-49-27-33-18-8-2-9-19-33/h1-25,37-41,43H,26-31H2,(H,45,48)(H,46,47)/t37-,38+,39+,40-,41+,43+/m0/s1. The largest absolute Gasteiger partial charge is 0.480 e. The highest BCUT2D eigenvalue weighted by atomic mass is 16.7. The fourth-order valence-electron chi connectivity index (χ4n) is 6.17. The third kappa shape index (κ3) is 11.6. The molecular formula is C44H45NO9. The smallest absolute Gasteiger partial charge is 0.410 e. The summed E-state index contributed by atoms with van der Waals surface area (Å²) in [5.74, 6) is -1.21. The maximum atomic E-state index is 13.6. The third-order valence-corrected chi connectivity index (χ3v) is 8.94. The molecule has 2 N–H and O–H groups in total. The Hall–Kier alpha value is -5.36. The van der Waals surface area contributed by atoms with Crippen LogP contribution in [0, 0.1) is 0 Å². The van der Waals surface area contributed by atoms with Crippen molar-refractivity contribution in [2.45, 2.75) is 69.6 Å². The zero-order valence-electron chi connectivity index (χ0n) is 29.9. The van der Waals surface area contributed by atoms with Gasteiger partial charge in [-0.1, -0.05) is 152 Å². The lowest BCUT2D eigenvalue weighted by Crippen LogP contribution is -2.62. The highest BCUT2D eigenvalue weighted by Crippen LogP contribution is 2.32. The van der Waals surface area contributed by atoms with Crippen molar-refractivity contribution in [1.29, 1.82) is 0 Å². The molecule has 6 atom stereocenters. The van der Waals surface area contributed by atoms with E-state index in [9.17, 15) is 14.7 Å². The minimum absolute atomic E-state index is 0.0545. The van der Waals surface area contributed by atoms with Gasteiger partial charge in [0.2, 0.25) is 6.29 Å². The Morgan fingerprint density at radius 2 is 0.963 bits per heavy atom. The monoisotopic (exact) mass is 731 g/mol. The van der Waals surface area contributed by atoms with E-state index < -0.39 is 48.8 Å². The van der Waals surface area contributed by atoms with E-state index in [-0.39, 0.29) is 32.8 Å². The molecule has 1 aliphatic rings. The van der Waals surface area contributed by atoms with Crippen LogP contribution < -0.4 is 5.32 Å². The first-order valence-corrected chi connectivity index (χ1v) is 18.0. The van der Waals surface area contributed by atoms with E-state index in [4.69, 9.17) is 28.4 Å². The topological polar surface area (TPSA) is 122 Å². The van der Waals surface area contributed by atoms with Gasteiger partial charge < -0.3 is 38.8 Å². The van der Waals surface area contributed by atoms with E-state index in [1.165, 1.54) is 0 Å². The molecule has 10 nitrogen and oxygen atoms in total. The number of benzene rings is 5. The van der Waals surface area contributed by atoms with Gasteiger partial charge in [0.15, 0.2) is 0 Å². The first-order chi connectivity index (χ1) is 26.5. The van der Waals surface area contributed by atoms with Crippen molar-refractivity contribution in [3.8, 4) is 0 Å². The van der Waals surface area contributed by atoms with E-state index >= 15 is 0 Å². The first kappa shape index (κ1) is 38.4. The maximum Gasteiger partial charge on any atom is 0.410 e. The summed E-state index contributed by atoms with van der Waals surface area (Å²) in [6.07, 6.45) is -5.60. The average molecular weight is 732 g/mol. The van der Waals surface area contributed by atoms with Crippen LogP contribution in [0.2, 0.25) is 0 Å². The number of carboxylic acid groups (broad SMARTS) is 1. The van der Waals surface area contributed by atoms with Crippen LogP contribution in [0.15, 0.2) is 152 Å². The number of rotatable bonds is 18. The molecule has 5 aromatic rings. The van der Waals surface area contributed by atoms with Gasteiger partial charge in [0.1, 0.15) is 30.5 Å². The number of alkyl carbamates (subject to hydrolysis) is 1. The van der Waals surface area contributed by atoms with Crippen LogP contribution in [0.25, 0.3) is 0 Å². The van der Waals surface area contributed by atoms with Gasteiger partial charge >= 0.3 is 12.1 Å². The number of carbonyl (C=O) groups is 2. The molecule has 6 rings (SSSR count). The molecule has 0 radical (unpaired) electrons. The van der Waals surface area contributed by atoms with E-state index in [1.54, 1.807) is 12.1 Å². The van der Waals surface area contributed by atoms with Crippen LogP contribution in [-0.2, 0) is 66.1 Å². The molecule has 0 spiro atoms. The van der Waals surface area contributed by atoms with Crippen LogP contribution in [0.4, 0.5) is 4.79 Å². The number of carbonyl (C=O) groups excluding carboxylic acids is 1. The Balaban J connectivity index is 1.30. The lowest BCUT2D eigenvalue weighted by molar-refractivity contribution is -0.315. The molecule has 1 saturated heterocycles. The predicted molar refractivity (Wildman–Crippen MR) is 201 cm³/mol. The van der Waals surface area contributed by atoms with Gasteiger partial charge in [-0.25, -0.2) is 9.59 Å². The Morgan fingerprint density at radius 1 is 0.556 bits per heavy atom. The summed E-state index contributed by atoms with van der Waals surface area (Å²) in [6, 6.07) is 46.6. The van der Waals surface area contributed by atoms with E-state index in [0.717, 1.165) is 27.8 Å². The van der Waals surface area contributed by atoms with E-state index in [2.05, 4.69) is 5.32 Å². The van der Waals surface area contributed by atoms with Crippen molar-refractivity contribution in [3.63, 3.8) is 0 Å². The fraction of sp³-hybridized carbons (Fsp3) is 0.273. The summed E-state index contributed by atoms with van der Waals surface area (Å²) in [7, 11) is 0. The number of carboxylic acids is 1. The second-order valence-electron chi connectivity index (χ2n) is 13.0. The molecule has 0 aromatic heterocycles. The summed E-state index contributed by atoms with van der Waals surface area (Å²) in [5, 5.41) is 12.5. The molecular weight excluding hydrogens is 686 g/mol. The minimum Gasteiger partial charge on any atom is -0.480 e. The highest BCUT2D eigenvalue weighted by molar-refractivity contribution is 5.80. The quantitative estimate of drug-likeness (QED) is 0.0972. The lowest BCUT2D eigenvalue weighted by Gasteiger charge is -2.45. The van der Waals surface area contributed by atoms with Crippen molar-refractivity contribution < 1.29 is 43.1 Å². The maximum absolute atomic E-state index is 13.6. The summed E-state index contributed by atoms with van der Waals surface area (Å²) < 4.78 is 38.6. The highest BCUT2D eigenvalue weighted by Gasteiger charge is 2.50. The van der Waals surface area contributed by atoms with Crippen LogP contribution >= 0.6 is 0 Å². The van der Waals surface area contributed by atoms with Gasteiger partial charge in [-0.3, -0.25) is 0 Å². The molecule has 280 valence electrons. The Bertz CT molecular complexity index is 1830. The molecule has 0 bridgehead atoms. The molecule has 0 saturated carbocycles. The molecule has 1 heterocycles. The minimum atomic E-state index is -1.33. The van der Waals surface area contributed by atoms with Crippen molar-refractivity contribution in [3.05, 3.63) is 179 Å². The molecule has 0 unspecified atom stereocenters. The van der Waals surface area contributed by atoms with Gasteiger partial charge in [-0.15, -0.1) is 0 Å². The molecule has 1 aliphatic heterocycles. The Labute approximate surface area is 315 Å². The van der Waals surface area contributed by atoms with Crippen LogP contribution in [0.3, 0.4) is 0 Å². The average Bonchev–Trinajstić information content (AvgIpc) is 3.21. The molecule has 10 heteroatoms. The molecule has 0 aliphatic carbocycles. The molecule has 1 amide bonds. The van der Waals surface area contributed by atoms with Crippen LogP contribution in [0.5, 0.6) is 0 Å². The third-order valence-electron chi connectivity index (χ3n) is 8.94. The van der Waals surface area contributed by atoms with Crippen molar-refractivity contribution >= 4 is 12.1 Å². The number of amides is 1. The van der Waals surface area contributed by atoms with E-state index in [0.29, 0.717) is 6.61 Å². The Morgan fingerprint density at radius 3 is 1.43 bits per heavy atom. The number of nitrogens with one attached hydrogen (secondary N) is 1. The fourth-order valence-corrected chi connectivity index (χ4v) is 6.17. The number of hydrogen-bond acceptors (Lipinski definition) is 8. The predicted octanol–water partition coefficient (Wildman–Crippen LogP) is 7.11. The second-order valence-corrected chi connectivity index (χ2v) is 13.0. The first-order valence-electron chi connectivity index (χ1n) is 18.0. The molecule has 1 fully saturated rings. The number of hydrogen-bond donors (Lipinski definition) is 2. The summed E-state index contributed by atoms with van der Waals surface area (Å²) in [5.41, 5.74) is 4.46. The zero-order chi connectivity index (χ0) is 37.4. The van der Waals surface area contributed by atoms with Gasteiger partial charge in [0.25, 0.3) is 0 Å². The Kier molecular flexibility index (Phi) is 14.3.